The lowest BCUT2D eigenvalue weighted by atomic mass is 9.79. The van der Waals surface area contributed by atoms with Gasteiger partial charge in [-0.15, -0.1) is 0 Å². The van der Waals surface area contributed by atoms with Crippen LogP contribution in [0.3, 0.4) is 0 Å². The van der Waals surface area contributed by atoms with E-state index in [9.17, 15) is 63.2 Å². The lowest BCUT2D eigenvalue weighted by Crippen LogP contribution is -2.28. The maximum Gasteiger partial charge on any atom is 0.325 e. The molecule has 6 rings (SSSR count). The van der Waals surface area contributed by atoms with Crippen LogP contribution in [0.2, 0.25) is 0 Å². The van der Waals surface area contributed by atoms with Crippen molar-refractivity contribution in [3.63, 3.8) is 0 Å². The molecule has 6 N–H and O–H groups in total. The quantitative estimate of drug-likeness (QED) is 0.0403. The predicted octanol–water partition coefficient (Wildman–Crippen LogP) is 7.81. The van der Waals surface area contributed by atoms with Gasteiger partial charge < -0.3 is 19.6 Å². The summed E-state index contributed by atoms with van der Waals surface area (Å²) >= 11 is 0. The van der Waals surface area contributed by atoms with Crippen molar-refractivity contribution in [2.24, 2.45) is 0 Å². The Morgan fingerprint density at radius 3 is 2.06 bits per heavy atom. The van der Waals surface area contributed by atoms with Gasteiger partial charge in [0.1, 0.15) is 18.1 Å². The molecule has 0 aromatic heterocycles. The lowest BCUT2D eigenvalue weighted by molar-refractivity contribution is -0.437. The van der Waals surface area contributed by atoms with Gasteiger partial charge in [-0.25, -0.2) is 0 Å². The van der Waals surface area contributed by atoms with Crippen LogP contribution in [0.1, 0.15) is 101 Å². The van der Waals surface area contributed by atoms with Crippen molar-refractivity contribution in [2.45, 2.75) is 106 Å². The van der Waals surface area contributed by atoms with Crippen molar-refractivity contribution >= 4 is 55.3 Å². The molecule has 3 aromatic carbocycles. The van der Waals surface area contributed by atoms with E-state index in [4.69, 9.17) is 4.74 Å². The summed E-state index contributed by atoms with van der Waals surface area (Å²) in [6.45, 7) is 7.75. The van der Waals surface area contributed by atoms with Crippen LogP contribution < -0.4 is 4.74 Å². The van der Waals surface area contributed by atoms with E-state index in [1.807, 2.05) is 56.6 Å². The number of carboxylic acids is 1. The highest BCUT2D eigenvalue weighted by molar-refractivity contribution is 7.86. The number of aliphatic carboxylic acids is 1. The first kappa shape index (κ1) is 50.8. The molecule has 356 valence electrons. The molecule has 3 aromatic rings. The fraction of sp³-hybridized carbons (Fsp3) is 0.391. The third-order valence-corrected chi connectivity index (χ3v) is 15.9. The van der Waals surface area contributed by atoms with E-state index in [1.165, 1.54) is 24.3 Å². The number of allylic oxidation sites excluding steroid dienone is 7. The molecule has 0 saturated heterocycles. The van der Waals surface area contributed by atoms with Gasteiger partial charge in [0, 0.05) is 41.9 Å². The second kappa shape index (κ2) is 19.2. The number of nitrogens with zero attached hydrogens (tertiary/aromatic N) is 1. The molecule has 0 spiro atoms. The number of ether oxygens (including phenoxy) is 1. The van der Waals surface area contributed by atoms with Gasteiger partial charge in [0.2, 0.25) is 5.69 Å². The van der Waals surface area contributed by atoms with Crippen molar-refractivity contribution in [3.05, 3.63) is 130 Å². The minimum atomic E-state index is -4.56. The van der Waals surface area contributed by atoms with Gasteiger partial charge in [-0.3, -0.25) is 23.0 Å². The lowest BCUT2D eigenvalue weighted by Gasteiger charge is -2.25. The van der Waals surface area contributed by atoms with Crippen molar-refractivity contribution in [1.29, 1.82) is 0 Å². The first-order valence-electron chi connectivity index (χ1n) is 21.3. The Morgan fingerprint density at radius 1 is 0.818 bits per heavy atom. The monoisotopic (exact) mass is 988 g/mol. The number of rotatable bonds is 18. The summed E-state index contributed by atoms with van der Waals surface area (Å²) in [7, 11) is -17.7. The van der Waals surface area contributed by atoms with Crippen LogP contribution in [0, 0.1) is 0 Å². The molecule has 0 bridgehead atoms. The number of carboxylic acid groups (broad SMARTS) is 1. The summed E-state index contributed by atoms with van der Waals surface area (Å²) < 4.78 is 122. The molecule has 0 amide bonds. The van der Waals surface area contributed by atoms with Crippen LogP contribution in [-0.2, 0) is 57.0 Å². The third kappa shape index (κ3) is 11.9. The minimum Gasteiger partial charge on any atom is -0.481 e. The Hall–Kier alpha value is -4.56. The van der Waals surface area contributed by atoms with Gasteiger partial charge in [0.05, 0.1) is 27.1 Å². The Bertz CT molecular complexity index is 2980. The maximum absolute atomic E-state index is 12.2. The van der Waals surface area contributed by atoms with Gasteiger partial charge in [0.25, 0.3) is 30.4 Å². The number of benzene rings is 3. The van der Waals surface area contributed by atoms with Gasteiger partial charge >= 0.3 is 13.6 Å². The van der Waals surface area contributed by atoms with Crippen LogP contribution in [0.4, 0.5) is 5.69 Å². The number of fused-ring (bicyclic) bond motifs is 2. The summed E-state index contributed by atoms with van der Waals surface area (Å²) in [4.78, 5) is 30.0. The van der Waals surface area contributed by atoms with Crippen LogP contribution in [-0.4, -0.2) is 88.5 Å². The van der Waals surface area contributed by atoms with E-state index in [0.29, 0.717) is 66.1 Å². The van der Waals surface area contributed by atoms with Gasteiger partial charge in [-0.05, 0) is 123 Å². The second-order valence-corrected chi connectivity index (χ2v) is 24.1. The van der Waals surface area contributed by atoms with E-state index in [1.54, 1.807) is 36.4 Å². The molecule has 0 radical (unpaired) electrons. The smallest absolute Gasteiger partial charge is 0.325 e. The summed E-state index contributed by atoms with van der Waals surface area (Å²) in [5.74, 6) is -0.830. The highest BCUT2D eigenvalue weighted by Crippen LogP contribution is 2.53. The zero-order valence-electron chi connectivity index (χ0n) is 36.9. The molecule has 16 nitrogen and oxygen atoms in total. The zero-order valence-corrected chi connectivity index (χ0v) is 40.3. The molecule has 2 aliphatic carbocycles. The van der Waals surface area contributed by atoms with Gasteiger partial charge in [-0.1, -0.05) is 49.8 Å². The summed E-state index contributed by atoms with van der Waals surface area (Å²) in [6.07, 6.45) is 9.77. The maximum atomic E-state index is 12.2. The first-order valence-corrected chi connectivity index (χ1v) is 27.5. The minimum absolute atomic E-state index is 0.0531. The van der Waals surface area contributed by atoms with Crippen molar-refractivity contribution in [2.75, 3.05) is 18.5 Å². The van der Waals surface area contributed by atoms with E-state index in [2.05, 4.69) is 0 Å². The molecule has 0 fully saturated rings. The topological polar surface area (TPSA) is 270 Å². The average Bonchev–Trinajstić information content (AvgIpc) is 3.55. The van der Waals surface area contributed by atoms with Crippen LogP contribution in [0.25, 0.3) is 0 Å². The largest absolute Gasteiger partial charge is 0.481 e. The molecule has 1 heterocycles. The SMILES string of the molecule is CC1(C)C(/C=C/C2=C(Oc3ccc(CCC(=O)O)cc3)C(=C\C=C3\C(CCCS(=O)(=O)O)c4ccc(S(=O)(=O)O)cc4C3(C)C)/CCC2)=[N+](CCCP(=O)(O)O)c2ccc(S(=O)(=O)O)cc21. The molecular weight excluding hydrogens is 934 g/mol. The molecule has 20 heteroatoms. The third-order valence-electron chi connectivity index (χ3n) is 12.5. The van der Waals surface area contributed by atoms with Gasteiger partial charge in [0.15, 0.2) is 5.71 Å². The molecule has 1 unspecified atom stereocenters. The molecule has 0 saturated carbocycles. The predicted molar refractivity (Wildman–Crippen MR) is 247 cm³/mol. The summed E-state index contributed by atoms with van der Waals surface area (Å²) in [5.41, 5.74) is 4.76. The standard InChI is InChI=1S/C46H54NO15PS3/c1-45(2)38(36(10-6-27-64(53,54)55)37-20-18-34(28-39(37)45)65(56,57)58)21-14-31-8-5-9-32(44(31)62-33-16-11-30(12-17-33)13-24-43(48)49)15-23-42-46(3,4)40-29-35(66(59,60)61)19-22-41(40)47(42)25-7-26-63(50,51)52/h11-12,14-23,28-29,36H,5-10,13,24-27H2,1-4H3,(H5-,48,49,50,51,52,53,54,55,56,57,58,59,60,61)/p+1/b23-15+,31-14-,38-21-. The molecular formula is C46H55NO15PS3+. The fourth-order valence-corrected chi connectivity index (χ4v) is 11.3. The summed E-state index contributed by atoms with van der Waals surface area (Å²) in [5, 5.41) is 9.21. The molecule has 66 heavy (non-hydrogen) atoms. The Labute approximate surface area is 385 Å². The van der Waals surface area contributed by atoms with Gasteiger partial charge in [-0.2, -0.15) is 29.8 Å². The van der Waals surface area contributed by atoms with Crippen LogP contribution >= 0.6 is 7.60 Å². The highest BCUT2D eigenvalue weighted by Gasteiger charge is 2.45. The number of carbonyl (C=O) groups is 1. The Balaban J connectivity index is 1.49. The number of hydrogen-bond acceptors (Lipinski definition) is 9. The van der Waals surface area contributed by atoms with E-state index >= 15 is 0 Å². The molecule has 1 atom stereocenters. The zero-order chi connectivity index (χ0) is 48.6. The Kier molecular flexibility index (Phi) is 14.8. The molecule has 1 aliphatic heterocycles. The fourth-order valence-electron chi connectivity index (χ4n) is 9.21. The Morgan fingerprint density at radius 2 is 1.45 bits per heavy atom. The van der Waals surface area contributed by atoms with E-state index < -0.39 is 60.5 Å². The number of aryl methyl sites for hydroxylation is 1. The number of hydrogen-bond donors (Lipinski definition) is 6. The van der Waals surface area contributed by atoms with Crippen molar-refractivity contribution in [3.8, 4) is 5.75 Å². The summed E-state index contributed by atoms with van der Waals surface area (Å²) in [6, 6.07) is 15.6. The average molecular weight is 989 g/mol. The van der Waals surface area contributed by atoms with Crippen LogP contribution in [0.15, 0.2) is 117 Å². The van der Waals surface area contributed by atoms with Crippen LogP contribution in [0.5, 0.6) is 5.75 Å². The second-order valence-electron chi connectivity index (χ2n) is 17.9. The van der Waals surface area contributed by atoms with Crippen molar-refractivity contribution < 1.29 is 72.5 Å². The van der Waals surface area contributed by atoms with E-state index in [-0.39, 0.29) is 47.7 Å². The first-order chi connectivity index (χ1) is 30.6. The highest BCUT2D eigenvalue weighted by atomic mass is 32.2. The molecule has 3 aliphatic rings. The normalized spacial score (nSPS) is 19.8. The van der Waals surface area contributed by atoms with Crippen molar-refractivity contribution in [1.82, 2.24) is 0 Å². The van der Waals surface area contributed by atoms with E-state index in [0.717, 1.165) is 27.8 Å².